The summed E-state index contributed by atoms with van der Waals surface area (Å²) in [4.78, 5) is 7.28. The van der Waals surface area contributed by atoms with E-state index >= 15 is 0 Å². The Balaban J connectivity index is 1.59. The molecule has 5 rings (SSSR count). The number of anilines is 1. The summed E-state index contributed by atoms with van der Waals surface area (Å²) in [6.45, 7) is 4.58. The highest BCUT2D eigenvalue weighted by molar-refractivity contribution is 5.80. The van der Waals surface area contributed by atoms with Gasteiger partial charge in [-0.2, -0.15) is 0 Å². The van der Waals surface area contributed by atoms with E-state index in [1.807, 2.05) is 0 Å². The molecule has 1 aromatic rings. The SMILES string of the molecule is c1cc2nc3ccc(=[N+]4CCCCC4)cc-3oc2cc1N1CCCCC1. The highest BCUT2D eigenvalue weighted by Gasteiger charge is 2.16. The lowest BCUT2D eigenvalue weighted by molar-refractivity contribution is 0.451. The summed E-state index contributed by atoms with van der Waals surface area (Å²) in [5, 5.41) is 1.26. The molecule has 134 valence electrons. The van der Waals surface area contributed by atoms with Crippen LogP contribution in [0.25, 0.3) is 22.6 Å². The summed E-state index contributed by atoms with van der Waals surface area (Å²) in [7, 11) is 0. The minimum absolute atomic E-state index is 0.886. The van der Waals surface area contributed by atoms with Gasteiger partial charge in [-0.05, 0) is 43.9 Å². The van der Waals surface area contributed by atoms with Gasteiger partial charge in [0.1, 0.15) is 24.3 Å². The fourth-order valence-corrected chi connectivity index (χ4v) is 4.30. The summed E-state index contributed by atoms with van der Waals surface area (Å²) in [6.07, 6.45) is 7.82. The first-order valence-electron chi connectivity index (χ1n) is 10.0. The van der Waals surface area contributed by atoms with Crippen molar-refractivity contribution >= 4 is 16.8 Å². The Morgan fingerprint density at radius 1 is 0.846 bits per heavy atom. The second-order valence-electron chi connectivity index (χ2n) is 7.61. The first-order valence-corrected chi connectivity index (χ1v) is 10.0. The molecule has 0 unspecified atom stereocenters. The van der Waals surface area contributed by atoms with Gasteiger partial charge >= 0.3 is 0 Å². The van der Waals surface area contributed by atoms with Gasteiger partial charge < -0.3 is 9.32 Å². The zero-order valence-corrected chi connectivity index (χ0v) is 15.3. The number of fused-ring (bicyclic) bond motifs is 2. The molecule has 0 bridgehead atoms. The van der Waals surface area contributed by atoms with Gasteiger partial charge in [0.2, 0.25) is 5.36 Å². The van der Waals surface area contributed by atoms with Gasteiger partial charge in [-0.1, -0.05) is 0 Å². The van der Waals surface area contributed by atoms with Crippen LogP contribution in [0.4, 0.5) is 5.69 Å². The molecule has 2 saturated heterocycles. The Morgan fingerprint density at radius 3 is 2.50 bits per heavy atom. The van der Waals surface area contributed by atoms with E-state index in [2.05, 4.69) is 45.9 Å². The molecule has 2 fully saturated rings. The van der Waals surface area contributed by atoms with Gasteiger partial charge in [-0.3, -0.25) is 0 Å². The Labute approximate surface area is 154 Å². The molecular weight excluding hydrogens is 322 g/mol. The molecule has 0 spiro atoms. The number of benzene rings is 2. The lowest BCUT2D eigenvalue weighted by Crippen LogP contribution is -2.34. The van der Waals surface area contributed by atoms with Gasteiger partial charge in [-0.15, -0.1) is 0 Å². The minimum atomic E-state index is 0.886. The molecular formula is C22H26N3O+. The molecule has 0 N–H and O–H groups in total. The van der Waals surface area contributed by atoms with E-state index in [-0.39, 0.29) is 0 Å². The Hall–Kier alpha value is -2.36. The fourth-order valence-electron chi connectivity index (χ4n) is 4.30. The molecule has 26 heavy (non-hydrogen) atoms. The van der Waals surface area contributed by atoms with E-state index in [1.54, 1.807) is 0 Å². The number of piperidine rings is 2. The second-order valence-corrected chi connectivity index (χ2v) is 7.61. The average molecular weight is 348 g/mol. The van der Waals surface area contributed by atoms with Crippen molar-refractivity contribution in [1.82, 2.24) is 9.56 Å². The van der Waals surface area contributed by atoms with E-state index in [4.69, 9.17) is 9.40 Å². The molecule has 0 amide bonds. The molecule has 1 aromatic carbocycles. The van der Waals surface area contributed by atoms with Crippen molar-refractivity contribution in [3.05, 3.63) is 41.8 Å². The first-order chi connectivity index (χ1) is 12.9. The Kier molecular flexibility index (Phi) is 4.12. The van der Waals surface area contributed by atoms with Gasteiger partial charge in [0.05, 0.1) is 6.07 Å². The van der Waals surface area contributed by atoms with E-state index < -0.39 is 0 Å². The van der Waals surface area contributed by atoms with Crippen molar-refractivity contribution < 1.29 is 4.42 Å². The lowest BCUT2D eigenvalue weighted by atomic mass is 10.1. The van der Waals surface area contributed by atoms with Crippen LogP contribution in [0.3, 0.4) is 0 Å². The molecule has 4 aliphatic rings. The number of hydrogen-bond acceptors (Lipinski definition) is 3. The maximum atomic E-state index is 6.29. The number of hydrogen-bond donors (Lipinski definition) is 0. The summed E-state index contributed by atoms with van der Waals surface area (Å²) in [5.74, 6) is 0.886. The molecule has 4 nitrogen and oxygen atoms in total. The topological polar surface area (TPSA) is 32.3 Å². The maximum absolute atomic E-state index is 6.29. The molecule has 0 aromatic heterocycles. The van der Waals surface area contributed by atoms with Crippen molar-refractivity contribution in [1.29, 1.82) is 0 Å². The third-order valence-corrected chi connectivity index (χ3v) is 5.79. The number of aromatic nitrogens is 1. The zero-order chi connectivity index (χ0) is 17.3. The molecule has 0 saturated carbocycles. The molecule has 0 atom stereocenters. The van der Waals surface area contributed by atoms with Crippen molar-refractivity contribution in [3.63, 3.8) is 0 Å². The lowest BCUT2D eigenvalue weighted by Gasteiger charge is -2.28. The zero-order valence-electron chi connectivity index (χ0n) is 15.3. The van der Waals surface area contributed by atoms with Crippen LogP contribution in [0, 0.1) is 0 Å². The predicted octanol–water partition coefficient (Wildman–Crippen LogP) is 3.88. The third kappa shape index (κ3) is 2.98. The van der Waals surface area contributed by atoms with Crippen LogP contribution < -0.4 is 14.8 Å². The summed E-state index contributed by atoms with van der Waals surface area (Å²) in [6, 6.07) is 12.9. The van der Waals surface area contributed by atoms with Crippen LogP contribution in [0.15, 0.2) is 40.8 Å². The normalized spacial score (nSPS) is 18.6. The minimum Gasteiger partial charge on any atom is -0.452 e. The van der Waals surface area contributed by atoms with Crippen molar-refractivity contribution in [2.75, 3.05) is 31.1 Å². The van der Waals surface area contributed by atoms with E-state index in [9.17, 15) is 0 Å². The second kappa shape index (κ2) is 6.75. The number of nitrogens with zero attached hydrogens (tertiary/aromatic N) is 3. The summed E-state index contributed by atoms with van der Waals surface area (Å²) in [5.41, 5.74) is 4.01. The fraction of sp³-hybridized carbons (Fsp3) is 0.455. The highest BCUT2D eigenvalue weighted by Crippen LogP contribution is 2.28. The Morgan fingerprint density at radius 2 is 1.65 bits per heavy atom. The smallest absolute Gasteiger partial charge is 0.203 e. The van der Waals surface area contributed by atoms with Crippen LogP contribution in [-0.4, -0.2) is 31.2 Å². The number of rotatable bonds is 1. The van der Waals surface area contributed by atoms with Crippen LogP contribution in [0.2, 0.25) is 0 Å². The quantitative estimate of drug-likeness (QED) is 0.494. The molecule has 1 aliphatic carbocycles. The molecule has 3 heterocycles. The average Bonchev–Trinajstić information content (AvgIpc) is 2.73. The first kappa shape index (κ1) is 15.9. The van der Waals surface area contributed by atoms with Gasteiger partial charge in [0.25, 0.3) is 0 Å². The van der Waals surface area contributed by atoms with Crippen LogP contribution in [0.1, 0.15) is 38.5 Å². The van der Waals surface area contributed by atoms with E-state index in [0.717, 1.165) is 48.7 Å². The monoisotopic (exact) mass is 348 g/mol. The van der Waals surface area contributed by atoms with Crippen molar-refractivity contribution in [3.8, 4) is 11.5 Å². The van der Waals surface area contributed by atoms with Crippen LogP contribution in [0.5, 0.6) is 0 Å². The third-order valence-electron chi connectivity index (χ3n) is 5.79. The summed E-state index contributed by atoms with van der Waals surface area (Å²) >= 11 is 0. The molecule has 3 aliphatic heterocycles. The van der Waals surface area contributed by atoms with Crippen molar-refractivity contribution in [2.45, 2.75) is 38.5 Å². The Bertz CT molecular complexity index is 961. The molecule has 0 radical (unpaired) electrons. The summed E-state index contributed by atoms with van der Waals surface area (Å²) < 4.78 is 8.76. The van der Waals surface area contributed by atoms with E-state index in [0.29, 0.717) is 0 Å². The predicted molar refractivity (Wildman–Crippen MR) is 106 cm³/mol. The highest BCUT2D eigenvalue weighted by atomic mass is 16.3. The van der Waals surface area contributed by atoms with Crippen LogP contribution in [-0.2, 0) is 0 Å². The van der Waals surface area contributed by atoms with Gasteiger partial charge in [0.15, 0.2) is 11.3 Å². The van der Waals surface area contributed by atoms with E-state index in [1.165, 1.54) is 49.6 Å². The van der Waals surface area contributed by atoms with Gasteiger partial charge in [-0.25, -0.2) is 9.56 Å². The standard InChI is InChI=1S/C22H26N3O/c1-3-11-24(12-4-1)17-7-9-19-21(15-17)26-22-16-18(8-10-20(22)23-19)25-13-5-2-6-14-25/h7-10,15-16H,1-6,11-14H2/q+1. The molecule has 4 heteroatoms. The maximum Gasteiger partial charge on any atom is 0.203 e. The van der Waals surface area contributed by atoms with Crippen LogP contribution >= 0.6 is 0 Å². The largest absolute Gasteiger partial charge is 0.452 e. The van der Waals surface area contributed by atoms with Crippen molar-refractivity contribution in [2.24, 2.45) is 0 Å². The van der Waals surface area contributed by atoms with Gasteiger partial charge in [0, 0.05) is 43.8 Å².